The fraction of sp³-hybridized carbons (Fsp3) is 0.440. The standard InChI is InChI=1S/C25H32N4O2/c1-20-10-15-28(16-11-20)13-5-3-12-26-25(30)21-7-6-8-23(17-21)31-19-22-18-29-14-4-2-9-24(29)27-22/h2,4,6-9,14,17-18,20H,3,5,10-13,15-16,19H2,1H3,(H,26,30). The minimum Gasteiger partial charge on any atom is -0.487 e. The van der Waals surface area contributed by atoms with E-state index in [9.17, 15) is 4.79 Å². The van der Waals surface area contributed by atoms with Gasteiger partial charge in [0.25, 0.3) is 5.91 Å². The number of likely N-dealkylation sites (tertiary alicyclic amines) is 1. The molecule has 1 N–H and O–H groups in total. The molecule has 4 rings (SSSR count). The van der Waals surface area contributed by atoms with E-state index in [0.29, 0.717) is 24.5 Å². The Labute approximate surface area is 184 Å². The Hall–Kier alpha value is -2.86. The summed E-state index contributed by atoms with van der Waals surface area (Å²) in [4.78, 5) is 19.6. The fourth-order valence-electron chi connectivity index (χ4n) is 3.99. The van der Waals surface area contributed by atoms with Crippen LogP contribution in [-0.4, -0.2) is 46.4 Å². The number of nitrogens with one attached hydrogen (secondary N) is 1. The maximum absolute atomic E-state index is 12.5. The third-order valence-electron chi connectivity index (χ3n) is 5.96. The van der Waals surface area contributed by atoms with Crippen LogP contribution >= 0.6 is 0 Å². The number of unbranched alkanes of at least 4 members (excludes halogenated alkanes) is 1. The molecule has 0 bridgehead atoms. The third-order valence-corrected chi connectivity index (χ3v) is 5.96. The van der Waals surface area contributed by atoms with Gasteiger partial charge in [0, 0.05) is 24.5 Å². The molecule has 2 aromatic heterocycles. The summed E-state index contributed by atoms with van der Waals surface area (Å²) < 4.78 is 7.84. The highest BCUT2D eigenvalue weighted by Crippen LogP contribution is 2.17. The quantitative estimate of drug-likeness (QED) is 0.528. The average molecular weight is 421 g/mol. The number of amides is 1. The Morgan fingerprint density at radius 3 is 2.87 bits per heavy atom. The van der Waals surface area contributed by atoms with Gasteiger partial charge in [-0.25, -0.2) is 4.98 Å². The molecule has 0 saturated carbocycles. The molecule has 1 aromatic carbocycles. The van der Waals surface area contributed by atoms with E-state index in [1.807, 2.05) is 53.2 Å². The van der Waals surface area contributed by atoms with E-state index in [0.717, 1.165) is 36.6 Å². The van der Waals surface area contributed by atoms with Crippen molar-refractivity contribution in [3.63, 3.8) is 0 Å². The van der Waals surface area contributed by atoms with Gasteiger partial charge in [0.2, 0.25) is 0 Å². The normalized spacial score (nSPS) is 15.3. The number of imidazole rings is 1. The topological polar surface area (TPSA) is 58.9 Å². The molecule has 0 atom stereocenters. The van der Waals surface area contributed by atoms with E-state index in [-0.39, 0.29) is 5.91 Å². The molecule has 6 heteroatoms. The SMILES string of the molecule is CC1CCN(CCCCNC(=O)c2cccc(OCc3cn4ccccc4n3)c2)CC1. The predicted octanol–water partition coefficient (Wildman–Crippen LogP) is 4.16. The molecule has 31 heavy (non-hydrogen) atoms. The van der Waals surface area contributed by atoms with Crippen molar-refractivity contribution < 1.29 is 9.53 Å². The first-order valence-electron chi connectivity index (χ1n) is 11.3. The van der Waals surface area contributed by atoms with Gasteiger partial charge in [0.05, 0.1) is 5.69 Å². The van der Waals surface area contributed by atoms with Gasteiger partial charge in [-0.3, -0.25) is 4.79 Å². The molecule has 0 spiro atoms. The van der Waals surface area contributed by atoms with Crippen LogP contribution < -0.4 is 10.1 Å². The molecule has 0 radical (unpaired) electrons. The zero-order valence-electron chi connectivity index (χ0n) is 18.3. The lowest BCUT2D eigenvalue weighted by atomic mass is 9.99. The Balaban J connectivity index is 1.19. The molecule has 1 aliphatic heterocycles. The van der Waals surface area contributed by atoms with Crippen LogP contribution in [0, 0.1) is 5.92 Å². The van der Waals surface area contributed by atoms with Crippen LogP contribution in [0.4, 0.5) is 0 Å². The van der Waals surface area contributed by atoms with E-state index < -0.39 is 0 Å². The Morgan fingerprint density at radius 1 is 1.16 bits per heavy atom. The van der Waals surface area contributed by atoms with Gasteiger partial charge >= 0.3 is 0 Å². The summed E-state index contributed by atoms with van der Waals surface area (Å²) >= 11 is 0. The van der Waals surface area contributed by atoms with Gasteiger partial charge in [0.1, 0.15) is 18.0 Å². The number of nitrogens with zero attached hydrogens (tertiary/aromatic N) is 3. The van der Waals surface area contributed by atoms with Crippen molar-refractivity contribution in [2.75, 3.05) is 26.2 Å². The number of ether oxygens (including phenoxy) is 1. The second kappa shape index (κ2) is 10.4. The minimum absolute atomic E-state index is 0.0509. The van der Waals surface area contributed by atoms with Crippen molar-refractivity contribution in [1.29, 1.82) is 0 Å². The van der Waals surface area contributed by atoms with Crippen molar-refractivity contribution in [2.45, 2.75) is 39.2 Å². The van der Waals surface area contributed by atoms with E-state index in [1.165, 1.54) is 25.9 Å². The van der Waals surface area contributed by atoms with Crippen LogP contribution in [0.25, 0.3) is 5.65 Å². The number of aromatic nitrogens is 2. The Kier molecular flexibility index (Phi) is 7.20. The Bertz CT molecular complexity index is 959. The van der Waals surface area contributed by atoms with Gasteiger partial charge < -0.3 is 19.4 Å². The van der Waals surface area contributed by atoms with E-state index in [2.05, 4.69) is 22.1 Å². The molecule has 3 heterocycles. The number of pyridine rings is 1. The molecule has 1 fully saturated rings. The summed E-state index contributed by atoms with van der Waals surface area (Å²) in [5.41, 5.74) is 2.37. The number of carbonyl (C=O) groups excluding carboxylic acids is 1. The fourth-order valence-corrected chi connectivity index (χ4v) is 3.99. The van der Waals surface area contributed by atoms with E-state index >= 15 is 0 Å². The lowest BCUT2D eigenvalue weighted by Gasteiger charge is -2.30. The lowest BCUT2D eigenvalue weighted by Crippen LogP contribution is -2.34. The maximum Gasteiger partial charge on any atom is 0.251 e. The van der Waals surface area contributed by atoms with Gasteiger partial charge in [-0.15, -0.1) is 0 Å². The summed E-state index contributed by atoms with van der Waals surface area (Å²) in [7, 11) is 0. The predicted molar refractivity (Wildman–Crippen MR) is 122 cm³/mol. The van der Waals surface area contributed by atoms with Crippen LogP contribution in [-0.2, 0) is 6.61 Å². The first kappa shape index (κ1) is 21.4. The average Bonchev–Trinajstić information content (AvgIpc) is 3.22. The van der Waals surface area contributed by atoms with Crippen molar-refractivity contribution in [1.82, 2.24) is 19.6 Å². The molecular formula is C25H32N4O2. The van der Waals surface area contributed by atoms with Gasteiger partial charge in [-0.2, -0.15) is 0 Å². The summed E-state index contributed by atoms with van der Waals surface area (Å²) in [6.07, 6.45) is 8.66. The molecule has 0 unspecified atom stereocenters. The van der Waals surface area contributed by atoms with E-state index in [4.69, 9.17) is 4.74 Å². The molecule has 0 aliphatic carbocycles. The van der Waals surface area contributed by atoms with Crippen molar-refractivity contribution >= 4 is 11.6 Å². The van der Waals surface area contributed by atoms with Crippen molar-refractivity contribution in [3.05, 3.63) is 66.1 Å². The summed E-state index contributed by atoms with van der Waals surface area (Å²) in [6, 6.07) is 13.2. The largest absolute Gasteiger partial charge is 0.487 e. The molecule has 1 amide bonds. The second-order valence-electron chi connectivity index (χ2n) is 8.50. The third kappa shape index (κ3) is 6.07. The summed E-state index contributed by atoms with van der Waals surface area (Å²) in [5, 5.41) is 3.03. The molecular weight excluding hydrogens is 388 g/mol. The number of hydrogen-bond donors (Lipinski definition) is 1. The number of benzene rings is 1. The number of rotatable bonds is 9. The Morgan fingerprint density at radius 2 is 2.03 bits per heavy atom. The van der Waals surface area contributed by atoms with Gasteiger partial charge in [-0.1, -0.05) is 19.1 Å². The zero-order valence-corrected chi connectivity index (χ0v) is 18.3. The van der Waals surface area contributed by atoms with Crippen LogP contribution in [0.1, 0.15) is 48.7 Å². The number of hydrogen-bond acceptors (Lipinski definition) is 4. The van der Waals surface area contributed by atoms with Crippen LogP contribution in [0.5, 0.6) is 5.75 Å². The lowest BCUT2D eigenvalue weighted by molar-refractivity contribution is 0.0951. The number of piperidine rings is 1. The van der Waals surface area contributed by atoms with E-state index in [1.54, 1.807) is 6.07 Å². The van der Waals surface area contributed by atoms with Crippen molar-refractivity contribution in [3.8, 4) is 5.75 Å². The van der Waals surface area contributed by atoms with Crippen LogP contribution in [0.2, 0.25) is 0 Å². The van der Waals surface area contributed by atoms with Crippen LogP contribution in [0.3, 0.4) is 0 Å². The first-order chi connectivity index (χ1) is 15.2. The van der Waals surface area contributed by atoms with Crippen molar-refractivity contribution in [2.24, 2.45) is 5.92 Å². The maximum atomic E-state index is 12.5. The molecule has 6 nitrogen and oxygen atoms in total. The monoisotopic (exact) mass is 420 g/mol. The smallest absolute Gasteiger partial charge is 0.251 e. The number of fused-ring (bicyclic) bond motifs is 1. The highest BCUT2D eigenvalue weighted by Gasteiger charge is 2.14. The summed E-state index contributed by atoms with van der Waals surface area (Å²) in [6.45, 7) is 6.98. The number of carbonyl (C=O) groups is 1. The molecule has 3 aromatic rings. The highest BCUT2D eigenvalue weighted by molar-refractivity contribution is 5.94. The highest BCUT2D eigenvalue weighted by atomic mass is 16.5. The van der Waals surface area contributed by atoms with Crippen LogP contribution in [0.15, 0.2) is 54.9 Å². The zero-order chi connectivity index (χ0) is 21.5. The van der Waals surface area contributed by atoms with Gasteiger partial charge in [0.15, 0.2) is 0 Å². The molecule has 164 valence electrons. The summed E-state index contributed by atoms with van der Waals surface area (Å²) in [5.74, 6) is 1.49. The molecule has 1 saturated heterocycles. The minimum atomic E-state index is -0.0509. The second-order valence-corrected chi connectivity index (χ2v) is 8.50. The first-order valence-corrected chi connectivity index (χ1v) is 11.3. The van der Waals surface area contributed by atoms with Gasteiger partial charge in [-0.05, 0) is 81.6 Å². The molecule has 1 aliphatic rings.